The number of benzene rings is 2. The summed E-state index contributed by atoms with van der Waals surface area (Å²) in [7, 11) is 0. The van der Waals surface area contributed by atoms with Crippen LogP contribution >= 0.6 is 23.1 Å². The molecule has 2 heterocycles. The van der Waals surface area contributed by atoms with Gasteiger partial charge in [-0.1, -0.05) is 12.1 Å². The first-order valence-corrected chi connectivity index (χ1v) is 15.1. The Kier molecular flexibility index (Phi) is 10.1. The van der Waals surface area contributed by atoms with E-state index in [9.17, 15) is 27.9 Å². The summed E-state index contributed by atoms with van der Waals surface area (Å²) in [5.74, 6) is 0.642. The summed E-state index contributed by atoms with van der Waals surface area (Å²) in [6, 6.07) is 12.3. The van der Waals surface area contributed by atoms with E-state index in [1.54, 1.807) is 44.7 Å². The molecule has 0 atom stereocenters. The van der Waals surface area contributed by atoms with Crippen molar-refractivity contribution in [2.75, 3.05) is 32.8 Å². The first kappa shape index (κ1) is 31.6. The minimum absolute atomic E-state index is 0.261. The number of thiazole rings is 1. The highest BCUT2D eigenvalue weighted by atomic mass is 32.2. The van der Waals surface area contributed by atoms with Crippen molar-refractivity contribution in [2.24, 2.45) is 0 Å². The maximum Gasteiger partial charge on any atom is 0.416 e. The van der Waals surface area contributed by atoms with E-state index in [2.05, 4.69) is 4.90 Å². The quantitative estimate of drug-likeness (QED) is 0.222. The number of rotatable bonds is 10. The van der Waals surface area contributed by atoms with Crippen LogP contribution in [0, 0.1) is 0 Å². The third kappa shape index (κ3) is 8.17. The number of ether oxygens (including phenoxy) is 2. The van der Waals surface area contributed by atoms with E-state index in [-0.39, 0.29) is 6.61 Å². The van der Waals surface area contributed by atoms with Gasteiger partial charge in [0.1, 0.15) is 16.9 Å². The predicted molar refractivity (Wildman–Crippen MR) is 152 cm³/mol. The Hall–Kier alpha value is -3.29. The number of aromatic nitrogens is 1. The molecule has 1 aromatic heterocycles. The highest BCUT2D eigenvalue weighted by Crippen LogP contribution is 2.36. The summed E-state index contributed by atoms with van der Waals surface area (Å²) in [6.45, 7) is 7.50. The van der Waals surface area contributed by atoms with E-state index in [1.165, 1.54) is 28.4 Å². The molecule has 0 radical (unpaired) electrons. The molecule has 1 amide bonds. The summed E-state index contributed by atoms with van der Waals surface area (Å²) in [4.78, 5) is 33.4. The molecule has 4 rings (SSSR count). The number of piperazine rings is 1. The third-order valence-electron chi connectivity index (χ3n) is 6.57. The Morgan fingerprint density at radius 3 is 2.24 bits per heavy atom. The van der Waals surface area contributed by atoms with E-state index in [0.717, 1.165) is 27.6 Å². The van der Waals surface area contributed by atoms with Crippen LogP contribution in [0.3, 0.4) is 0 Å². The van der Waals surface area contributed by atoms with E-state index >= 15 is 0 Å². The Bertz CT molecular complexity index is 1370. The third-order valence-corrected chi connectivity index (χ3v) is 8.94. The minimum atomic E-state index is -4.42. The second-order valence-electron chi connectivity index (χ2n) is 10.1. The van der Waals surface area contributed by atoms with Crippen molar-refractivity contribution in [1.29, 1.82) is 0 Å². The van der Waals surface area contributed by atoms with Crippen LogP contribution in [0.5, 0.6) is 5.75 Å². The lowest BCUT2D eigenvalue weighted by Gasteiger charge is -2.35. The maximum absolute atomic E-state index is 13.1. The minimum Gasteiger partial charge on any atom is -0.530 e. The second kappa shape index (κ2) is 13.3. The Balaban J connectivity index is 1.49. The molecule has 0 bridgehead atoms. The molecule has 0 unspecified atom stereocenters. The van der Waals surface area contributed by atoms with Crippen molar-refractivity contribution in [1.82, 2.24) is 14.8 Å². The van der Waals surface area contributed by atoms with Gasteiger partial charge in [-0.2, -0.15) is 13.2 Å². The Morgan fingerprint density at radius 1 is 1.02 bits per heavy atom. The van der Waals surface area contributed by atoms with Gasteiger partial charge in [0.15, 0.2) is 5.60 Å². The number of hydrogen-bond acceptors (Lipinski definition) is 9. The molecule has 1 saturated heterocycles. The van der Waals surface area contributed by atoms with Crippen LogP contribution in [0.25, 0.3) is 10.6 Å². The Morgan fingerprint density at radius 2 is 1.67 bits per heavy atom. The van der Waals surface area contributed by atoms with Crippen molar-refractivity contribution in [3.8, 4) is 16.3 Å². The van der Waals surface area contributed by atoms with Gasteiger partial charge < -0.3 is 24.3 Å². The lowest BCUT2D eigenvalue weighted by Crippen LogP contribution is -2.52. The summed E-state index contributed by atoms with van der Waals surface area (Å²) < 4.78 is 50.1. The fourth-order valence-corrected chi connectivity index (χ4v) is 6.32. The molecule has 0 N–H and O–H groups in total. The number of halogens is 3. The fraction of sp³-hybridized carbons (Fsp3) is 0.414. The van der Waals surface area contributed by atoms with Gasteiger partial charge in [-0.25, -0.2) is 9.78 Å². The highest BCUT2D eigenvalue weighted by Gasteiger charge is 2.32. The zero-order valence-corrected chi connectivity index (χ0v) is 25.0. The summed E-state index contributed by atoms with van der Waals surface area (Å²) in [5, 5.41) is 11.8. The van der Waals surface area contributed by atoms with Crippen LogP contribution in [-0.4, -0.2) is 65.2 Å². The molecule has 0 spiro atoms. The highest BCUT2D eigenvalue weighted by molar-refractivity contribution is 7.98. The van der Waals surface area contributed by atoms with Gasteiger partial charge in [0.2, 0.25) is 0 Å². The molecular formula is C29H31F3N3O5S2-. The Labute approximate surface area is 250 Å². The van der Waals surface area contributed by atoms with Gasteiger partial charge in [0.05, 0.1) is 17.9 Å². The smallest absolute Gasteiger partial charge is 0.416 e. The lowest BCUT2D eigenvalue weighted by molar-refractivity contribution is -0.266. The van der Waals surface area contributed by atoms with Crippen LogP contribution in [0.4, 0.5) is 18.0 Å². The van der Waals surface area contributed by atoms with E-state index < -0.39 is 29.4 Å². The number of amides is 1. The molecule has 0 aliphatic carbocycles. The van der Waals surface area contributed by atoms with Crippen LogP contribution < -0.4 is 9.84 Å². The number of hydrogen-bond donors (Lipinski definition) is 0. The van der Waals surface area contributed by atoms with Crippen molar-refractivity contribution in [3.05, 3.63) is 64.7 Å². The van der Waals surface area contributed by atoms with Gasteiger partial charge in [-0.15, -0.1) is 23.1 Å². The number of alkyl halides is 3. The van der Waals surface area contributed by atoms with Crippen molar-refractivity contribution < 1.29 is 37.3 Å². The molecular weight excluding hydrogens is 591 g/mol. The lowest BCUT2D eigenvalue weighted by atomic mass is 10.1. The molecule has 2 aromatic carbocycles. The molecule has 42 heavy (non-hydrogen) atoms. The molecule has 1 aliphatic rings. The molecule has 1 aliphatic heterocycles. The van der Waals surface area contributed by atoms with Crippen molar-refractivity contribution >= 4 is 35.2 Å². The maximum atomic E-state index is 13.1. The molecule has 13 heteroatoms. The van der Waals surface area contributed by atoms with E-state index in [4.69, 9.17) is 14.5 Å². The van der Waals surface area contributed by atoms with E-state index in [0.29, 0.717) is 54.8 Å². The van der Waals surface area contributed by atoms with Crippen LogP contribution in [0.2, 0.25) is 0 Å². The zero-order valence-electron chi connectivity index (χ0n) is 23.4. The van der Waals surface area contributed by atoms with Gasteiger partial charge in [-0.3, -0.25) is 4.90 Å². The van der Waals surface area contributed by atoms with Crippen LogP contribution in [0.1, 0.15) is 36.9 Å². The molecule has 8 nitrogen and oxygen atoms in total. The van der Waals surface area contributed by atoms with Crippen LogP contribution in [0.15, 0.2) is 53.4 Å². The zero-order chi connectivity index (χ0) is 30.5. The molecule has 3 aromatic rings. The standard InChI is InChI=1S/C29H32F3N3O5S2/c1-4-39-26(36)28(2,3)40-21-9-11-22(12-10-21)41-18-24-23(17-34-13-15-35(16-14-34)27(37)38)33-25(42-24)19-5-7-20(8-6-19)29(30,31)32/h5-12H,4,13-18H2,1-3H3,(H,37,38)/p-1. The molecule has 0 saturated carbocycles. The summed E-state index contributed by atoms with van der Waals surface area (Å²) >= 11 is 3.00. The van der Waals surface area contributed by atoms with Gasteiger partial charge in [-0.05, 0) is 57.2 Å². The van der Waals surface area contributed by atoms with E-state index in [1.807, 2.05) is 12.1 Å². The first-order chi connectivity index (χ1) is 19.9. The summed E-state index contributed by atoms with van der Waals surface area (Å²) in [6.07, 6.45) is -5.61. The van der Waals surface area contributed by atoms with Crippen molar-refractivity contribution in [3.63, 3.8) is 0 Å². The fourth-order valence-electron chi connectivity index (χ4n) is 4.24. The summed E-state index contributed by atoms with van der Waals surface area (Å²) in [5.41, 5.74) is -0.454. The number of esters is 1. The monoisotopic (exact) mass is 622 g/mol. The first-order valence-electron chi connectivity index (χ1n) is 13.3. The molecule has 226 valence electrons. The number of nitrogens with zero attached hydrogens (tertiary/aromatic N) is 3. The predicted octanol–water partition coefficient (Wildman–Crippen LogP) is 5.30. The average Bonchev–Trinajstić information content (AvgIpc) is 3.35. The number of carboxylic acid groups (broad SMARTS) is 1. The van der Waals surface area contributed by atoms with Crippen LogP contribution in [-0.2, 0) is 28.0 Å². The molecule has 1 fully saturated rings. The SMILES string of the molecule is CCOC(=O)C(C)(C)Oc1ccc(SCc2sc(-c3ccc(C(F)(F)F)cc3)nc2CN2CCN(C(=O)[O-])CC2)cc1. The van der Waals surface area contributed by atoms with Crippen molar-refractivity contribution in [2.45, 2.75) is 49.7 Å². The van der Waals surface area contributed by atoms with Gasteiger partial charge in [0, 0.05) is 53.8 Å². The normalized spacial score (nSPS) is 14.6. The van der Waals surface area contributed by atoms with Gasteiger partial charge in [0.25, 0.3) is 0 Å². The topological polar surface area (TPSA) is 95.0 Å². The number of carbonyl (C=O) groups is 2. The largest absolute Gasteiger partial charge is 0.530 e. The number of carbonyl (C=O) groups excluding carboxylic acids is 2. The average molecular weight is 623 g/mol. The van der Waals surface area contributed by atoms with Gasteiger partial charge >= 0.3 is 12.1 Å². The number of thioether (sulfide) groups is 1. The second-order valence-corrected chi connectivity index (χ2v) is 12.2.